The SMILES string of the molecule is CN=C(NCc1cccc(OC2CCCCC2)c1)NCC1CC(=O)Nc2ccccc21. The molecule has 4 rings (SSSR count). The van der Waals surface area contributed by atoms with Crippen molar-refractivity contribution in [1.82, 2.24) is 10.6 Å². The highest BCUT2D eigenvalue weighted by molar-refractivity contribution is 5.94. The van der Waals surface area contributed by atoms with Gasteiger partial charge in [-0.05, 0) is 55.0 Å². The Morgan fingerprint density at radius 1 is 1.10 bits per heavy atom. The van der Waals surface area contributed by atoms with Gasteiger partial charge in [-0.1, -0.05) is 36.8 Å². The van der Waals surface area contributed by atoms with Crippen molar-refractivity contribution in [3.05, 3.63) is 59.7 Å². The molecule has 3 N–H and O–H groups in total. The number of hydrogen-bond acceptors (Lipinski definition) is 3. The van der Waals surface area contributed by atoms with Gasteiger partial charge in [0.25, 0.3) is 0 Å². The lowest BCUT2D eigenvalue weighted by Crippen LogP contribution is -2.40. The van der Waals surface area contributed by atoms with Crippen LogP contribution >= 0.6 is 0 Å². The van der Waals surface area contributed by atoms with Gasteiger partial charge in [0, 0.05) is 38.2 Å². The van der Waals surface area contributed by atoms with E-state index in [1.807, 2.05) is 30.3 Å². The van der Waals surface area contributed by atoms with Crippen molar-refractivity contribution in [2.24, 2.45) is 4.99 Å². The quantitative estimate of drug-likeness (QED) is 0.484. The first-order chi connectivity index (χ1) is 15.2. The van der Waals surface area contributed by atoms with E-state index in [-0.39, 0.29) is 11.8 Å². The standard InChI is InChI=1S/C25H32N4O2/c1-26-25(28-17-19-15-24(30)29-23-13-6-5-12-22(19)23)27-16-18-8-7-11-21(14-18)31-20-9-3-2-4-10-20/h5-8,11-14,19-20H,2-4,9-10,15-17H2,1H3,(H,29,30)(H2,26,27,28). The molecule has 0 aromatic heterocycles. The zero-order valence-electron chi connectivity index (χ0n) is 18.2. The molecule has 2 aromatic rings. The number of carbonyl (C=O) groups is 1. The average Bonchev–Trinajstić information content (AvgIpc) is 2.80. The fourth-order valence-corrected chi connectivity index (χ4v) is 4.41. The highest BCUT2D eigenvalue weighted by Gasteiger charge is 2.24. The van der Waals surface area contributed by atoms with Crippen LogP contribution in [0, 0.1) is 0 Å². The van der Waals surface area contributed by atoms with E-state index in [1.54, 1.807) is 7.05 Å². The van der Waals surface area contributed by atoms with Gasteiger partial charge >= 0.3 is 0 Å². The van der Waals surface area contributed by atoms with Crippen LogP contribution in [0.25, 0.3) is 0 Å². The Kier molecular flexibility index (Phi) is 7.07. The topological polar surface area (TPSA) is 74.8 Å². The van der Waals surface area contributed by atoms with Crippen molar-refractivity contribution in [1.29, 1.82) is 0 Å². The van der Waals surface area contributed by atoms with Gasteiger partial charge in [-0.15, -0.1) is 0 Å². The Hall–Kier alpha value is -3.02. The summed E-state index contributed by atoms with van der Waals surface area (Å²) in [6.45, 7) is 1.30. The van der Waals surface area contributed by atoms with Crippen molar-refractivity contribution in [2.45, 2.75) is 57.1 Å². The number of para-hydroxylation sites is 1. The van der Waals surface area contributed by atoms with Crippen LogP contribution in [0.1, 0.15) is 55.6 Å². The lowest BCUT2D eigenvalue weighted by molar-refractivity contribution is -0.116. The van der Waals surface area contributed by atoms with Crippen molar-refractivity contribution in [2.75, 3.05) is 18.9 Å². The van der Waals surface area contributed by atoms with E-state index in [0.717, 1.165) is 41.4 Å². The predicted molar refractivity (Wildman–Crippen MR) is 125 cm³/mol. The molecule has 1 heterocycles. The van der Waals surface area contributed by atoms with E-state index < -0.39 is 0 Å². The Labute approximate surface area is 184 Å². The van der Waals surface area contributed by atoms with Crippen LogP contribution < -0.4 is 20.7 Å². The van der Waals surface area contributed by atoms with Crippen LogP contribution in [-0.4, -0.2) is 31.6 Å². The third-order valence-corrected chi connectivity index (χ3v) is 6.06. The summed E-state index contributed by atoms with van der Waals surface area (Å²) in [5.74, 6) is 1.85. The molecule has 1 saturated carbocycles. The Morgan fingerprint density at radius 3 is 2.77 bits per heavy atom. The number of guanidine groups is 1. The number of benzene rings is 2. The van der Waals surface area contributed by atoms with Gasteiger partial charge < -0.3 is 20.7 Å². The molecule has 1 aliphatic heterocycles. The molecule has 1 atom stereocenters. The van der Waals surface area contributed by atoms with Gasteiger partial charge in [0.2, 0.25) is 5.91 Å². The molecule has 6 nitrogen and oxygen atoms in total. The highest BCUT2D eigenvalue weighted by Crippen LogP contribution is 2.31. The van der Waals surface area contributed by atoms with Crippen LogP contribution in [0.5, 0.6) is 5.75 Å². The summed E-state index contributed by atoms with van der Waals surface area (Å²) in [6, 6.07) is 16.3. The maximum absolute atomic E-state index is 12.0. The first kappa shape index (κ1) is 21.2. The van der Waals surface area contributed by atoms with Gasteiger partial charge in [-0.25, -0.2) is 0 Å². The molecule has 1 unspecified atom stereocenters. The lowest BCUT2D eigenvalue weighted by atomic mass is 9.90. The molecule has 2 aromatic carbocycles. The molecule has 0 saturated heterocycles. The fourth-order valence-electron chi connectivity index (χ4n) is 4.41. The minimum absolute atomic E-state index is 0.0585. The second-order valence-electron chi connectivity index (χ2n) is 8.37. The number of rotatable bonds is 6. The number of carbonyl (C=O) groups excluding carboxylic acids is 1. The minimum Gasteiger partial charge on any atom is -0.490 e. The molecule has 0 radical (unpaired) electrons. The third-order valence-electron chi connectivity index (χ3n) is 6.06. The van der Waals surface area contributed by atoms with E-state index in [4.69, 9.17) is 4.74 Å². The van der Waals surface area contributed by atoms with Crippen molar-refractivity contribution in [3.8, 4) is 5.75 Å². The van der Waals surface area contributed by atoms with E-state index in [1.165, 1.54) is 19.3 Å². The first-order valence-electron chi connectivity index (χ1n) is 11.3. The molecule has 6 heteroatoms. The van der Waals surface area contributed by atoms with E-state index in [2.05, 4.69) is 39.1 Å². The summed E-state index contributed by atoms with van der Waals surface area (Å²) in [5, 5.41) is 9.70. The third kappa shape index (κ3) is 5.78. The van der Waals surface area contributed by atoms with Crippen LogP contribution in [0.2, 0.25) is 0 Å². The molecular formula is C25H32N4O2. The normalized spacial score (nSPS) is 19.3. The van der Waals surface area contributed by atoms with Crippen LogP contribution in [0.4, 0.5) is 5.69 Å². The van der Waals surface area contributed by atoms with Crippen LogP contribution in [-0.2, 0) is 11.3 Å². The van der Waals surface area contributed by atoms with E-state index >= 15 is 0 Å². The van der Waals surface area contributed by atoms with Gasteiger partial charge in [0.1, 0.15) is 5.75 Å². The maximum atomic E-state index is 12.0. The summed E-state index contributed by atoms with van der Waals surface area (Å²) < 4.78 is 6.19. The van der Waals surface area contributed by atoms with E-state index in [0.29, 0.717) is 25.6 Å². The second-order valence-corrected chi connectivity index (χ2v) is 8.37. The lowest BCUT2D eigenvalue weighted by Gasteiger charge is -2.26. The highest BCUT2D eigenvalue weighted by atomic mass is 16.5. The molecule has 0 spiro atoms. The van der Waals surface area contributed by atoms with Crippen molar-refractivity contribution >= 4 is 17.6 Å². The van der Waals surface area contributed by atoms with E-state index in [9.17, 15) is 4.79 Å². The van der Waals surface area contributed by atoms with Crippen molar-refractivity contribution in [3.63, 3.8) is 0 Å². The molecule has 31 heavy (non-hydrogen) atoms. The van der Waals surface area contributed by atoms with Gasteiger partial charge in [-0.2, -0.15) is 0 Å². The Morgan fingerprint density at radius 2 is 1.94 bits per heavy atom. The second kappa shape index (κ2) is 10.3. The monoisotopic (exact) mass is 420 g/mol. The smallest absolute Gasteiger partial charge is 0.225 e. The zero-order chi connectivity index (χ0) is 21.5. The minimum atomic E-state index is 0.0585. The van der Waals surface area contributed by atoms with Crippen LogP contribution in [0.15, 0.2) is 53.5 Å². The van der Waals surface area contributed by atoms with Crippen LogP contribution in [0.3, 0.4) is 0 Å². The fraction of sp³-hybridized carbons (Fsp3) is 0.440. The molecule has 1 fully saturated rings. The largest absolute Gasteiger partial charge is 0.490 e. The molecular weight excluding hydrogens is 388 g/mol. The number of aliphatic imine (C=N–C) groups is 1. The first-order valence-corrected chi connectivity index (χ1v) is 11.3. The number of hydrogen-bond donors (Lipinski definition) is 3. The number of amides is 1. The Bertz CT molecular complexity index is 921. The van der Waals surface area contributed by atoms with Gasteiger partial charge in [0.05, 0.1) is 6.10 Å². The number of nitrogens with one attached hydrogen (secondary N) is 3. The molecule has 164 valence electrons. The molecule has 2 aliphatic rings. The number of nitrogens with zero attached hydrogens (tertiary/aromatic N) is 1. The summed E-state index contributed by atoms with van der Waals surface area (Å²) in [6.07, 6.45) is 6.99. The Balaban J connectivity index is 1.30. The number of anilines is 1. The molecule has 0 bridgehead atoms. The summed E-state index contributed by atoms with van der Waals surface area (Å²) in [5.41, 5.74) is 3.22. The summed E-state index contributed by atoms with van der Waals surface area (Å²) >= 11 is 0. The number of fused-ring (bicyclic) bond motifs is 1. The number of ether oxygens (including phenoxy) is 1. The maximum Gasteiger partial charge on any atom is 0.225 e. The summed E-state index contributed by atoms with van der Waals surface area (Å²) in [4.78, 5) is 16.4. The average molecular weight is 421 g/mol. The van der Waals surface area contributed by atoms with Crippen molar-refractivity contribution < 1.29 is 9.53 Å². The van der Waals surface area contributed by atoms with Gasteiger partial charge in [0.15, 0.2) is 5.96 Å². The molecule has 1 aliphatic carbocycles. The summed E-state index contributed by atoms with van der Waals surface area (Å²) in [7, 11) is 1.76. The van der Waals surface area contributed by atoms with Gasteiger partial charge in [-0.3, -0.25) is 9.79 Å². The molecule has 1 amide bonds. The zero-order valence-corrected chi connectivity index (χ0v) is 18.2. The predicted octanol–water partition coefficient (Wildman–Crippen LogP) is 4.19.